The fraction of sp³-hybridized carbons (Fsp3) is 0. The molecule has 0 aromatic heterocycles. The van der Waals surface area contributed by atoms with E-state index in [4.69, 9.17) is 19.2 Å². The SMILES string of the molecule is F.O=P(O)(O)O.[NaH].[NaH]. The van der Waals surface area contributed by atoms with Gasteiger partial charge < -0.3 is 14.7 Å². The van der Waals surface area contributed by atoms with E-state index in [-0.39, 0.29) is 63.8 Å². The van der Waals surface area contributed by atoms with Crippen molar-refractivity contribution in [1.82, 2.24) is 0 Å². The van der Waals surface area contributed by atoms with Crippen LogP contribution < -0.4 is 0 Å². The van der Waals surface area contributed by atoms with E-state index >= 15 is 0 Å². The van der Waals surface area contributed by atoms with Gasteiger partial charge in [0.05, 0.1) is 0 Å². The van der Waals surface area contributed by atoms with Gasteiger partial charge in [0.15, 0.2) is 0 Å². The van der Waals surface area contributed by atoms with Gasteiger partial charge in [-0.2, -0.15) is 0 Å². The Morgan fingerprint density at radius 1 is 1.00 bits per heavy atom. The van der Waals surface area contributed by atoms with Crippen molar-refractivity contribution >= 4 is 66.9 Å². The van der Waals surface area contributed by atoms with Crippen LogP contribution in [0.25, 0.3) is 0 Å². The quantitative estimate of drug-likeness (QED) is 0.285. The molecule has 0 aliphatic rings. The van der Waals surface area contributed by atoms with Crippen LogP contribution in [0.5, 0.6) is 0 Å². The summed E-state index contributed by atoms with van der Waals surface area (Å²) in [5.74, 6) is 0. The van der Waals surface area contributed by atoms with Crippen LogP contribution in [0.1, 0.15) is 0 Å². The predicted octanol–water partition coefficient (Wildman–Crippen LogP) is -2.07. The topological polar surface area (TPSA) is 77.8 Å². The Hall–Kier alpha value is 2.04. The molecule has 0 aromatic carbocycles. The molecule has 0 bridgehead atoms. The van der Waals surface area contributed by atoms with E-state index in [9.17, 15) is 0 Å². The van der Waals surface area contributed by atoms with Crippen molar-refractivity contribution in [2.75, 3.05) is 0 Å². The van der Waals surface area contributed by atoms with Crippen LogP contribution in [0, 0.1) is 0 Å². The summed E-state index contributed by atoms with van der Waals surface area (Å²) in [4.78, 5) is 21.6. The van der Waals surface area contributed by atoms with Crippen LogP contribution in [0.4, 0.5) is 4.70 Å². The van der Waals surface area contributed by atoms with Crippen molar-refractivity contribution in [2.24, 2.45) is 0 Å². The van der Waals surface area contributed by atoms with E-state index in [2.05, 4.69) is 0 Å². The van der Waals surface area contributed by atoms with Gasteiger partial charge in [-0.05, 0) is 0 Å². The van der Waals surface area contributed by atoms with Crippen molar-refractivity contribution in [1.29, 1.82) is 0 Å². The Morgan fingerprint density at radius 3 is 1.00 bits per heavy atom. The third-order valence-corrected chi connectivity index (χ3v) is 0. The molecular weight excluding hydrogens is 160 g/mol. The first kappa shape index (κ1) is 22.5. The minimum atomic E-state index is -4.64. The Morgan fingerprint density at radius 2 is 1.00 bits per heavy atom. The van der Waals surface area contributed by atoms with Gasteiger partial charge in [-0.1, -0.05) is 0 Å². The second kappa shape index (κ2) is 9.04. The summed E-state index contributed by atoms with van der Waals surface area (Å²) in [6.07, 6.45) is 0. The number of hydrogen-bond donors (Lipinski definition) is 3. The van der Waals surface area contributed by atoms with Gasteiger partial charge in [0.1, 0.15) is 0 Å². The molecule has 0 saturated heterocycles. The number of halogens is 1. The monoisotopic (exact) mass is 166 g/mol. The minimum absolute atomic E-state index is 0. The molecule has 0 saturated carbocycles. The Labute approximate surface area is 89.9 Å². The predicted molar refractivity (Wildman–Crippen MR) is 31.1 cm³/mol. The molecule has 0 aliphatic carbocycles. The van der Waals surface area contributed by atoms with Crippen molar-refractivity contribution in [3.8, 4) is 0 Å². The molecular formula is H6FNa2O4P. The Balaban J connectivity index is -0.0000000267. The second-order valence-electron chi connectivity index (χ2n) is 0.513. The second-order valence-corrected chi connectivity index (χ2v) is 1.54. The Bertz CT molecular complexity index is 60.2. The first-order chi connectivity index (χ1) is 2.00. The fourth-order valence-electron chi connectivity index (χ4n) is 0. The molecule has 0 rings (SSSR count). The third-order valence-electron chi connectivity index (χ3n) is 0. The third kappa shape index (κ3) is 95.8. The van der Waals surface area contributed by atoms with Crippen LogP contribution in [0.3, 0.4) is 0 Å². The van der Waals surface area contributed by atoms with Crippen LogP contribution in [0.15, 0.2) is 0 Å². The summed E-state index contributed by atoms with van der Waals surface area (Å²) in [5, 5.41) is 0. The van der Waals surface area contributed by atoms with Gasteiger partial charge in [-0.3, -0.25) is 4.70 Å². The average Bonchev–Trinajstić information content (AvgIpc) is 0.722. The van der Waals surface area contributed by atoms with Gasteiger partial charge in [-0.15, -0.1) is 0 Å². The summed E-state index contributed by atoms with van der Waals surface area (Å²) in [5.41, 5.74) is 0. The number of rotatable bonds is 0. The molecule has 8 heavy (non-hydrogen) atoms. The molecule has 8 heteroatoms. The fourth-order valence-corrected chi connectivity index (χ4v) is 0. The molecule has 0 unspecified atom stereocenters. The van der Waals surface area contributed by atoms with Gasteiger partial charge >= 0.3 is 66.9 Å². The van der Waals surface area contributed by atoms with Crippen molar-refractivity contribution in [3.05, 3.63) is 0 Å². The molecule has 0 spiro atoms. The summed E-state index contributed by atoms with van der Waals surface area (Å²) < 4.78 is 8.88. The van der Waals surface area contributed by atoms with Crippen LogP contribution >= 0.6 is 7.82 Å². The average molecular weight is 166 g/mol. The van der Waals surface area contributed by atoms with Gasteiger partial charge in [-0.25, -0.2) is 4.57 Å². The van der Waals surface area contributed by atoms with E-state index in [0.717, 1.165) is 0 Å². The first-order valence-corrected chi connectivity index (χ1v) is 2.35. The molecule has 0 heterocycles. The first-order valence-electron chi connectivity index (χ1n) is 0.783. The summed E-state index contributed by atoms with van der Waals surface area (Å²) in [7, 11) is -4.64. The molecule has 0 radical (unpaired) electrons. The van der Waals surface area contributed by atoms with Crippen LogP contribution in [-0.4, -0.2) is 73.8 Å². The molecule has 44 valence electrons. The van der Waals surface area contributed by atoms with E-state index in [0.29, 0.717) is 0 Å². The molecule has 4 nitrogen and oxygen atoms in total. The zero-order chi connectivity index (χ0) is 4.50. The zero-order valence-corrected chi connectivity index (χ0v) is 3.50. The number of hydrogen-bond acceptors (Lipinski definition) is 1. The summed E-state index contributed by atoms with van der Waals surface area (Å²) in [6, 6.07) is 0. The van der Waals surface area contributed by atoms with E-state index in [1.54, 1.807) is 0 Å². The standard InChI is InChI=1S/FH.2Na.H3O4P.2H/c;;;1-5(2,3)4;;/h1H;;;(H3,1,2,3,4);;. The Kier molecular flexibility index (Phi) is 25.4. The maximum absolute atomic E-state index is 8.88. The van der Waals surface area contributed by atoms with Crippen molar-refractivity contribution in [2.45, 2.75) is 0 Å². The van der Waals surface area contributed by atoms with Crippen LogP contribution in [0.2, 0.25) is 0 Å². The van der Waals surface area contributed by atoms with E-state index in [1.165, 1.54) is 0 Å². The molecule has 0 aliphatic heterocycles. The molecule has 0 atom stereocenters. The van der Waals surface area contributed by atoms with Gasteiger partial charge in [0.25, 0.3) is 0 Å². The van der Waals surface area contributed by atoms with Crippen molar-refractivity contribution < 1.29 is 23.9 Å². The molecule has 0 aromatic rings. The van der Waals surface area contributed by atoms with E-state index in [1.807, 2.05) is 0 Å². The molecule has 0 fully saturated rings. The number of phosphoric acid groups is 1. The summed E-state index contributed by atoms with van der Waals surface area (Å²) >= 11 is 0. The molecule has 0 amide bonds. The molecule has 3 N–H and O–H groups in total. The van der Waals surface area contributed by atoms with Gasteiger partial charge in [0, 0.05) is 0 Å². The zero-order valence-electron chi connectivity index (χ0n) is 2.61. The summed E-state index contributed by atoms with van der Waals surface area (Å²) in [6.45, 7) is 0. The van der Waals surface area contributed by atoms with E-state index < -0.39 is 7.82 Å². The maximum atomic E-state index is 8.88. The van der Waals surface area contributed by atoms with Crippen molar-refractivity contribution in [3.63, 3.8) is 0 Å². The normalized spacial score (nSPS) is 7.38. The van der Waals surface area contributed by atoms with Crippen LogP contribution in [-0.2, 0) is 4.57 Å². The van der Waals surface area contributed by atoms with Gasteiger partial charge in [0.2, 0.25) is 0 Å².